The molecule has 1 aromatic carbocycles. The molecule has 0 fully saturated rings. The van der Waals surface area contributed by atoms with Crippen molar-refractivity contribution in [3.8, 4) is 0 Å². The zero-order chi connectivity index (χ0) is 12.5. The summed E-state index contributed by atoms with van der Waals surface area (Å²) in [6.07, 6.45) is -0.00991. The lowest BCUT2D eigenvalue weighted by molar-refractivity contribution is 0.383. The van der Waals surface area contributed by atoms with Crippen molar-refractivity contribution in [1.82, 2.24) is 0 Å². The highest BCUT2D eigenvalue weighted by atomic mass is 19.2. The Kier molecular flexibility index (Phi) is 3.94. The molecular weight excluding hydrogens is 220 g/mol. The van der Waals surface area contributed by atoms with Crippen LogP contribution in [0.2, 0.25) is 0 Å². The van der Waals surface area contributed by atoms with E-state index < -0.39 is 28.8 Å². The molecule has 0 unspecified atom stereocenters. The van der Waals surface area contributed by atoms with E-state index >= 15 is 0 Å². The topological polar surface area (TPSA) is 0 Å². The molecule has 0 spiro atoms. The Morgan fingerprint density at radius 2 is 1.38 bits per heavy atom. The molecule has 1 atom stereocenters. The molecule has 1 rings (SSSR count). The number of benzene rings is 1. The highest BCUT2D eigenvalue weighted by molar-refractivity contribution is 5.23. The van der Waals surface area contributed by atoms with Gasteiger partial charge in [0.05, 0.1) is 0 Å². The molecule has 0 aliphatic heterocycles. The van der Waals surface area contributed by atoms with Gasteiger partial charge in [0.2, 0.25) is 0 Å². The van der Waals surface area contributed by atoms with Gasteiger partial charge in [-0.2, -0.15) is 0 Å². The maximum absolute atomic E-state index is 13.3. The van der Waals surface area contributed by atoms with Gasteiger partial charge in [-0.15, -0.1) is 0 Å². The minimum absolute atomic E-state index is 0.00991. The van der Waals surface area contributed by atoms with E-state index in [9.17, 15) is 17.6 Å². The monoisotopic (exact) mass is 234 g/mol. The molecular formula is C12H14F4. The first-order chi connectivity index (χ1) is 7.34. The SMILES string of the molecule is CC(C)[C@@H](C)Cc1c(F)c(F)cc(F)c1F. The van der Waals surface area contributed by atoms with E-state index in [2.05, 4.69) is 0 Å². The third kappa shape index (κ3) is 2.54. The third-order valence-electron chi connectivity index (χ3n) is 2.87. The summed E-state index contributed by atoms with van der Waals surface area (Å²) in [5.41, 5.74) is -0.501. The largest absolute Gasteiger partial charge is 0.204 e. The Balaban J connectivity index is 3.12. The smallest absolute Gasteiger partial charge is 0.165 e. The molecule has 0 saturated carbocycles. The van der Waals surface area contributed by atoms with Gasteiger partial charge in [-0.1, -0.05) is 20.8 Å². The molecule has 0 saturated heterocycles. The van der Waals surface area contributed by atoms with Crippen molar-refractivity contribution in [3.63, 3.8) is 0 Å². The van der Waals surface area contributed by atoms with Crippen LogP contribution in [0.3, 0.4) is 0 Å². The van der Waals surface area contributed by atoms with Gasteiger partial charge in [-0.25, -0.2) is 17.6 Å². The number of halogens is 4. The summed E-state index contributed by atoms with van der Waals surface area (Å²) < 4.78 is 52.3. The van der Waals surface area contributed by atoms with Gasteiger partial charge >= 0.3 is 0 Å². The summed E-state index contributed by atoms with van der Waals surface area (Å²) in [5.74, 6) is -5.12. The van der Waals surface area contributed by atoms with Crippen LogP contribution < -0.4 is 0 Å². The normalized spacial score (nSPS) is 13.2. The van der Waals surface area contributed by atoms with Gasteiger partial charge in [0.15, 0.2) is 23.3 Å². The van der Waals surface area contributed by atoms with Crippen molar-refractivity contribution in [2.75, 3.05) is 0 Å². The average Bonchev–Trinajstić information content (AvgIpc) is 2.21. The predicted molar refractivity (Wildman–Crippen MR) is 54.0 cm³/mol. The van der Waals surface area contributed by atoms with Crippen molar-refractivity contribution < 1.29 is 17.6 Å². The number of hydrogen-bond acceptors (Lipinski definition) is 0. The summed E-state index contributed by atoms with van der Waals surface area (Å²) in [6.45, 7) is 5.55. The van der Waals surface area contributed by atoms with Crippen LogP contribution in [0.25, 0.3) is 0 Å². The molecule has 0 aromatic heterocycles. The van der Waals surface area contributed by atoms with Gasteiger partial charge in [0.1, 0.15) is 0 Å². The molecule has 16 heavy (non-hydrogen) atoms. The zero-order valence-corrected chi connectivity index (χ0v) is 9.45. The van der Waals surface area contributed by atoms with E-state index in [1.807, 2.05) is 13.8 Å². The first kappa shape index (κ1) is 13.0. The first-order valence-electron chi connectivity index (χ1n) is 5.16. The van der Waals surface area contributed by atoms with Crippen molar-refractivity contribution in [1.29, 1.82) is 0 Å². The molecule has 0 N–H and O–H groups in total. The van der Waals surface area contributed by atoms with E-state index in [-0.39, 0.29) is 24.3 Å². The van der Waals surface area contributed by atoms with Gasteiger partial charge in [0.25, 0.3) is 0 Å². The first-order valence-corrected chi connectivity index (χ1v) is 5.16. The van der Waals surface area contributed by atoms with Crippen molar-refractivity contribution in [2.45, 2.75) is 27.2 Å². The Labute approximate surface area is 92.3 Å². The molecule has 0 aliphatic carbocycles. The molecule has 0 bridgehead atoms. The summed E-state index contributed by atoms with van der Waals surface area (Å²) in [4.78, 5) is 0. The standard InChI is InChI=1S/C12H14F4/c1-6(2)7(3)4-8-11(15)9(13)5-10(14)12(8)16/h5-7H,4H2,1-3H3/t7-/m0/s1. The second-order valence-corrected chi connectivity index (χ2v) is 4.37. The van der Waals surface area contributed by atoms with Crippen LogP contribution in [0.5, 0.6) is 0 Å². The zero-order valence-electron chi connectivity index (χ0n) is 9.45. The van der Waals surface area contributed by atoms with Gasteiger partial charge in [-0.05, 0) is 18.3 Å². The maximum atomic E-state index is 13.3. The lowest BCUT2D eigenvalue weighted by atomic mass is 9.90. The maximum Gasteiger partial charge on any atom is 0.165 e. The molecule has 0 amide bonds. The predicted octanol–water partition coefficient (Wildman–Crippen LogP) is 4.08. The van der Waals surface area contributed by atoms with Crippen LogP contribution in [0, 0.1) is 35.1 Å². The van der Waals surface area contributed by atoms with Crippen LogP contribution in [0.15, 0.2) is 6.07 Å². The molecule has 4 heteroatoms. The molecule has 0 radical (unpaired) electrons. The van der Waals surface area contributed by atoms with Gasteiger partial charge < -0.3 is 0 Å². The third-order valence-corrected chi connectivity index (χ3v) is 2.87. The molecule has 0 nitrogen and oxygen atoms in total. The summed E-state index contributed by atoms with van der Waals surface area (Å²) in [6, 6.07) is 0.230. The lowest BCUT2D eigenvalue weighted by Gasteiger charge is -2.16. The minimum Gasteiger partial charge on any atom is -0.204 e. The Morgan fingerprint density at radius 3 is 1.75 bits per heavy atom. The van der Waals surface area contributed by atoms with Crippen LogP contribution in [0.4, 0.5) is 17.6 Å². The summed E-state index contributed by atoms with van der Waals surface area (Å²) >= 11 is 0. The van der Waals surface area contributed by atoms with E-state index in [0.717, 1.165) is 0 Å². The van der Waals surface area contributed by atoms with Crippen LogP contribution in [-0.2, 0) is 6.42 Å². The van der Waals surface area contributed by atoms with E-state index in [4.69, 9.17) is 0 Å². The number of hydrogen-bond donors (Lipinski definition) is 0. The molecule has 90 valence electrons. The van der Waals surface area contributed by atoms with Gasteiger partial charge in [0, 0.05) is 11.6 Å². The van der Waals surface area contributed by atoms with E-state index in [0.29, 0.717) is 0 Å². The van der Waals surface area contributed by atoms with Crippen LogP contribution >= 0.6 is 0 Å². The highest BCUT2D eigenvalue weighted by Gasteiger charge is 2.21. The molecule has 0 aliphatic rings. The van der Waals surface area contributed by atoms with E-state index in [1.54, 1.807) is 6.92 Å². The quantitative estimate of drug-likeness (QED) is 0.546. The summed E-state index contributed by atoms with van der Waals surface area (Å²) in [5, 5.41) is 0. The summed E-state index contributed by atoms with van der Waals surface area (Å²) in [7, 11) is 0. The second-order valence-electron chi connectivity index (χ2n) is 4.37. The fraction of sp³-hybridized carbons (Fsp3) is 0.500. The number of rotatable bonds is 3. The lowest BCUT2D eigenvalue weighted by Crippen LogP contribution is -2.12. The minimum atomic E-state index is -1.34. The average molecular weight is 234 g/mol. The fourth-order valence-electron chi connectivity index (χ4n) is 1.36. The molecule has 0 heterocycles. The van der Waals surface area contributed by atoms with Crippen molar-refractivity contribution in [3.05, 3.63) is 34.9 Å². The van der Waals surface area contributed by atoms with Crippen LogP contribution in [0.1, 0.15) is 26.3 Å². The van der Waals surface area contributed by atoms with Crippen molar-refractivity contribution in [2.24, 2.45) is 11.8 Å². The highest BCUT2D eigenvalue weighted by Crippen LogP contribution is 2.24. The second kappa shape index (κ2) is 4.85. The Hall–Kier alpha value is -1.06. The van der Waals surface area contributed by atoms with Gasteiger partial charge in [-0.3, -0.25) is 0 Å². The Bertz CT molecular complexity index is 359. The Morgan fingerprint density at radius 1 is 0.938 bits per heavy atom. The fourth-order valence-corrected chi connectivity index (χ4v) is 1.36. The van der Waals surface area contributed by atoms with Crippen LogP contribution in [-0.4, -0.2) is 0 Å². The van der Waals surface area contributed by atoms with E-state index in [1.165, 1.54) is 0 Å². The van der Waals surface area contributed by atoms with Crippen molar-refractivity contribution >= 4 is 0 Å². The molecule has 1 aromatic rings.